The molecule has 84 valence electrons. The van der Waals surface area contributed by atoms with Gasteiger partial charge in [0.25, 0.3) is 0 Å². The maximum Gasteiger partial charge on any atom is 0.182 e. The van der Waals surface area contributed by atoms with Crippen LogP contribution >= 0.6 is 11.3 Å². The number of rotatable bonds is 4. The monoisotopic (exact) mass is 225 g/mol. The number of anilines is 1. The minimum Gasteiger partial charge on any atom is -0.359 e. The first-order valence-electron chi connectivity index (χ1n) is 5.77. The number of likely N-dealkylation sites (tertiary alicyclic amines) is 1. The predicted octanol–water partition coefficient (Wildman–Crippen LogP) is 2.43. The summed E-state index contributed by atoms with van der Waals surface area (Å²) in [7, 11) is 0. The summed E-state index contributed by atoms with van der Waals surface area (Å²) in [5.74, 6) is 0. The summed E-state index contributed by atoms with van der Waals surface area (Å²) in [6.45, 7) is 5.97. The molecule has 1 aliphatic heterocycles. The van der Waals surface area contributed by atoms with Crippen LogP contribution in [0.4, 0.5) is 5.13 Å². The van der Waals surface area contributed by atoms with Crippen molar-refractivity contribution in [3.05, 3.63) is 11.6 Å². The third-order valence-corrected chi connectivity index (χ3v) is 3.59. The third kappa shape index (κ3) is 3.18. The van der Waals surface area contributed by atoms with Crippen LogP contribution in [-0.4, -0.2) is 35.6 Å². The first kappa shape index (κ1) is 10.9. The molecule has 1 aromatic heterocycles. The summed E-state index contributed by atoms with van der Waals surface area (Å²) in [5.41, 5.74) is 0. The molecule has 4 heteroatoms. The molecule has 0 radical (unpaired) electrons. The number of piperidine rings is 1. The molecule has 3 nitrogen and oxygen atoms in total. The van der Waals surface area contributed by atoms with E-state index in [-0.39, 0.29) is 0 Å². The van der Waals surface area contributed by atoms with Gasteiger partial charge in [0.15, 0.2) is 5.13 Å². The highest BCUT2D eigenvalue weighted by molar-refractivity contribution is 7.13. The standard InChI is InChI=1S/C11H19N3S/c1-2-6-14-7-3-10(4-8-14)13-11-12-5-9-15-11/h5,9-10H,2-4,6-8H2,1H3,(H,12,13). The van der Waals surface area contributed by atoms with E-state index in [9.17, 15) is 0 Å². The van der Waals surface area contributed by atoms with Gasteiger partial charge in [-0.1, -0.05) is 6.92 Å². The summed E-state index contributed by atoms with van der Waals surface area (Å²) in [5, 5.41) is 6.60. The van der Waals surface area contributed by atoms with Crippen molar-refractivity contribution >= 4 is 16.5 Å². The Balaban J connectivity index is 1.74. The second kappa shape index (κ2) is 5.47. The van der Waals surface area contributed by atoms with Crippen LogP contribution in [0.5, 0.6) is 0 Å². The lowest BCUT2D eigenvalue weighted by Gasteiger charge is -2.31. The van der Waals surface area contributed by atoms with Gasteiger partial charge in [-0.05, 0) is 25.8 Å². The maximum atomic E-state index is 4.26. The van der Waals surface area contributed by atoms with E-state index in [1.165, 1.54) is 38.9 Å². The molecule has 0 spiro atoms. The summed E-state index contributed by atoms with van der Waals surface area (Å²) in [6.07, 6.45) is 5.63. The molecular formula is C11H19N3S. The van der Waals surface area contributed by atoms with Crippen LogP contribution in [0.1, 0.15) is 26.2 Å². The molecule has 0 aromatic carbocycles. The molecule has 0 bridgehead atoms. The quantitative estimate of drug-likeness (QED) is 0.853. The second-order valence-electron chi connectivity index (χ2n) is 4.10. The van der Waals surface area contributed by atoms with Gasteiger partial charge in [-0.15, -0.1) is 11.3 Å². The lowest BCUT2D eigenvalue weighted by molar-refractivity contribution is 0.219. The number of aromatic nitrogens is 1. The van der Waals surface area contributed by atoms with Crippen molar-refractivity contribution in [1.82, 2.24) is 9.88 Å². The predicted molar refractivity (Wildman–Crippen MR) is 65.5 cm³/mol. The second-order valence-corrected chi connectivity index (χ2v) is 4.99. The third-order valence-electron chi connectivity index (χ3n) is 2.89. The Bertz CT molecular complexity index is 265. The van der Waals surface area contributed by atoms with E-state index in [0.29, 0.717) is 6.04 Å². The fraction of sp³-hybridized carbons (Fsp3) is 0.727. The van der Waals surface area contributed by atoms with Gasteiger partial charge in [0.1, 0.15) is 0 Å². The molecule has 1 N–H and O–H groups in total. The topological polar surface area (TPSA) is 28.2 Å². The SMILES string of the molecule is CCCN1CCC(Nc2nccs2)CC1. The van der Waals surface area contributed by atoms with E-state index in [1.54, 1.807) is 11.3 Å². The van der Waals surface area contributed by atoms with Gasteiger partial charge < -0.3 is 10.2 Å². The highest BCUT2D eigenvalue weighted by Gasteiger charge is 2.18. The van der Waals surface area contributed by atoms with Gasteiger partial charge in [-0.25, -0.2) is 4.98 Å². The highest BCUT2D eigenvalue weighted by Crippen LogP contribution is 2.18. The molecule has 15 heavy (non-hydrogen) atoms. The zero-order valence-electron chi connectivity index (χ0n) is 9.28. The Morgan fingerprint density at radius 2 is 2.33 bits per heavy atom. The van der Waals surface area contributed by atoms with Crippen molar-refractivity contribution < 1.29 is 0 Å². The lowest BCUT2D eigenvalue weighted by atomic mass is 10.1. The Labute approximate surface area is 95.5 Å². The molecule has 0 aliphatic carbocycles. The van der Waals surface area contributed by atoms with Gasteiger partial charge >= 0.3 is 0 Å². The van der Waals surface area contributed by atoms with E-state index in [4.69, 9.17) is 0 Å². The fourth-order valence-electron chi connectivity index (χ4n) is 2.09. The Kier molecular flexibility index (Phi) is 3.97. The van der Waals surface area contributed by atoms with E-state index in [2.05, 4.69) is 22.1 Å². The maximum absolute atomic E-state index is 4.26. The van der Waals surface area contributed by atoms with Crippen LogP contribution in [0.2, 0.25) is 0 Å². The van der Waals surface area contributed by atoms with Gasteiger partial charge in [0.2, 0.25) is 0 Å². The molecule has 1 saturated heterocycles. The highest BCUT2D eigenvalue weighted by atomic mass is 32.1. The molecule has 1 aromatic rings. The van der Waals surface area contributed by atoms with E-state index in [0.717, 1.165) is 5.13 Å². The molecule has 0 saturated carbocycles. The number of hydrogen-bond acceptors (Lipinski definition) is 4. The average Bonchev–Trinajstić information content (AvgIpc) is 2.74. The largest absolute Gasteiger partial charge is 0.359 e. The average molecular weight is 225 g/mol. The van der Waals surface area contributed by atoms with Crippen molar-refractivity contribution in [2.24, 2.45) is 0 Å². The number of nitrogens with zero attached hydrogens (tertiary/aromatic N) is 2. The number of nitrogens with one attached hydrogen (secondary N) is 1. The molecule has 2 heterocycles. The van der Waals surface area contributed by atoms with Gasteiger partial charge in [0, 0.05) is 30.7 Å². The van der Waals surface area contributed by atoms with Crippen molar-refractivity contribution in [2.75, 3.05) is 25.0 Å². The van der Waals surface area contributed by atoms with Crippen LogP contribution < -0.4 is 5.32 Å². The van der Waals surface area contributed by atoms with Crippen molar-refractivity contribution in [2.45, 2.75) is 32.2 Å². The number of thiazole rings is 1. The summed E-state index contributed by atoms with van der Waals surface area (Å²) in [4.78, 5) is 6.82. The Hall–Kier alpha value is -0.610. The Morgan fingerprint density at radius 3 is 2.93 bits per heavy atom. The van der Waals surface area contributed by atoms with Crippen LogP contribution in [0, 0.1) is 0 Å². The molecular weight excluding hydrogens is 206 g/mol. The summed E-state index contributed by atoms with van der Waals surface area (Å²) < 4.78 is 0. The smallest absolute Gasteiger partial charge is 0.182 e. The zero-order chi connectivity index (χ0) is 10.5. The Morgan fingerprint density at radius 1 is 1.53 bits per heavy atom. The minimum absolute atomic E-state index is 0.629. The zero-order valence-corrected chi connectivity index (χ0v) is 10.1. The molecule has 0 atom stereocenters. The van der Waals surface area contributed by atoms with Gasteiger partial charge in [0.05, 0.1) is 0 Å². The molecule has 0 unspecified atom stereocenters. The number of hydrogen-bond donors (Lipinski definition) is 1. The van der Waals surface area contributed by atoms with Crippen LogP contribution in [0.15, 0.2) is 11.6 Å². The van der Waals surface area contributed by atoms with Crippen LogP contribution in [-0.2, 0) is 0 Å². The van der Waals surface area contributed by atoms with Crippen LogP contribution in [0.3, 0.4) is 0 Å². The van der Waals surface area contributed by atoms with Crippen molar-refractivity contribution in [3.8, 4) is 0 Å². The fourth-order valence-corrected chi connectivity index (χ4v) is 2.69. The summed E-state index contributed by atoms with van der Waals surface area (Å²) >= 11 is 1.69. The van der Waals surface area contributed by atoms with Crippen LogP contribution in [0.25, 0.3) is 0 Å². The first-order valence-corrected chi connectivity index (χ1v) is 6.65. The normalized spacial score (nSPS) is 19.3. The molecule has 0 amide bonds. The first-order chi connectivity index (χ1) is 7.38. The van der Waals surface area contributed by atoms with Gasteiger partial charge in [-0.3, -0.25) is 0 Å². The van der Waals surface area contributed by atoms with Crippen molar-refractivity contribution in [1.29, 1.82) is 0 Å². The molecule has 1 aliphatic rings. The molecule has 1 fully saturated rings. The van der Waals surface area contributed by atoms with E-state index < -0.39 is 0 Å². The van der Waals surface area contributed by atoms with E-state index >= 15 is 0 Å². The molecule has 2 rings (SSSR count). The lowest BCUT2D eigenvalue weighted by Crippen LogP contribution is -2.39. The van der Waals surface area contributed by atoms with Gasteiger partial charge in [-0.2, -0.15) is 0 Å². The van der Waals surface area contributed by atoms with E-state index in [1.807, 2.05) is 11.6 Å². The minimum atomic E-state index is 0.629. The summed E-state index contributed by atoms with van der Waals surface area (Å²) in [6, 6.07) is 0.629. The van der Waals surface area contributed by atoms with Crippen molar-refractivity contribution in [3.63, 3.8) is 0 Å².